The number of hydrogen-bond donors (Lipinski definition) is 1. The highest BCUT2D eigenvalue weighted by Gasteiger charge is 2.46. The number of likely N-dealkylation sites (tertiary alicyclic amines) is 1. The topological polar surface area (TPSA) is 91.3 Å². The molecule has 0 bridgehead atoms. The van der Waals surface area contributed by atoms with Crippen LogP contribution >= 0.6 is 0 Å². The van der Waals surface area contributed by atoms with Gasteiger partial charge in [0.1, 0.15) is 17.1 Å². The number of pyridine rings is 1. The standard InChI is InChI=1S/C26H30N6O2/c1-18-15-23(29-19(2)28-18)30-21-10-7-9-20(16-21)24(33)32-14-8-12-26(17-32,25(34)31(3)4)22-11-5-6-13-27-22/h5-7,9-11,13,15-16H,8,12,14,17H2,1-4H3,(H,28,29,30). The number of aromatic nitrogens is 3. The monoisotopic (exact) mass is 458 g/mol. The fraction of sp³-hybridized carbons (Fsp3) is 0.346. The molecule has 8 heteroatoms. The van der Waals surface area contributed by atoms with Crippen LogP contribution in [-0.2, 0) is 10.2 Å². The van der Waals surface area contributed by atoms with Gasteiger partial charge in [-0.05, 0) is 57.0 Å². The van der Waals surface area contributed by atoms with Crippen molar-refractivity contribution in [3.63, 3.8) is 0 Å². The summed E-state index contributed by atoms with van der Waals surface area (Å²) in [7, 11) is 3.50. The van der Waals surface area contributed by atoms with Gasteiger partial charge in [-0.3, -0.25) is 14.6 Å². The zero-order valence-corrected chi connectivity index (χ0v) is 20.1. The minimum absolute atomic E-state index is 0.0337. The molecule has 1 aromatic carbocycles. The Kier molecular flexibility index (Phi) is 6.58. The molecule has 176 valence electrons. The highest BCUT2D eigenvalue weighted by Crippen LogP contribution is 2.35. The molecular weight excluding hydrogens is 428 g/mol. The second-order valence-electron chi connectivity index (χ2n) is 8.97. The normalized spacial score (nSPS) is 17.8. The molecule has 1 aliphatic heterocycles. The second kappa shape index (κ2) is 9.59. The van der Waals surface area contributed by atoms with Gasteiger partial charge < -0.3 is 15.1 Å². The van der Waals surface area contributed by atoms with E-state index in [1.165, 1.54) is 0 Å². The van der Waals surface area contributed by atoms with Crippen LogP contribution in [-0.4, -0.2) is 63.8 Å². The van der Waals surface area contributed by atoms with Crippen molar-refractivity contribution in [2.45, 2.75) is 32.1 Å². The number of aryl methyl sites for hydroxylation is 2. The lowest BCUT2D eigenvalue weighted by molar-refractivity contribution is -0.136. The molecule has 1 unspecified atom stereocenters. The van der Waals surface area contributed by atoms with Crippen LogP contribution in [0.4, 0.5) is 11.5 Å². The first-order valence-corrected chi connectivity index (χ1v) is 11.4. The Bertz CT molecular complexity index is 1180. The molecule has 0 radical (unpaired) electrons. The third-order valence-electron chi connectivity index (χ3n) is 6.10. The molecule has 1 saturated heterocycles. The van der Waals surface area contributed by atoms with Gasteiger partial charge in [0, 0.05) is 56.4 Å². The van der Waals surface area contributed by atoms with Crippen molar-refractivity contribution in [2.24, 2.45) is 0 Å². The number of piperidine rings is 1. The fourth-order valence-corrected chi connectivity index (χ4v) is 4.64. The molecule has 1 aliphatic rings. The average Bonchev–Trinajstić information content (AvgIpc) is 2.83. The lowest BCUT2D eigenvalue weighted by atomic mass is 9.75. The fourth-order valence-electron chi connectivity index (χ4n) is 4.64. The summed E-state index contributed by atoms with van der Waals surface area (Å²) in [4.78, 5) is 43.5. The van der Waals surface area contributed by atoms with Gasteiger partial charge in [-0.15, -0.1) is 0 Å². The zero-order chi connectivity index (χ0) is 24.3. The van der Waals surface area contributed by atoms with E-state index in [-0.39, 0.29) is 11.8 Å². The van der Waals surface area contributed by atoms with Crippen LogP contribution in [0.25, 0.3) is 0 Å². The van der Waals surface area contributed by atoms with Crippen LogP contribution in [0.5, 0.6) is 0 Å². The van der Waals surface area contributed by atoms with Gasteiger partial charge in [0.25, 0.3) is 5.91 Å². The summed E-state index contributed by atoms with van der Waals surface area (Å²) in [5.41, 5.74) is 2.04. The highest BCUT2D eigenvalue weighted by molar-refractivity contribution is 5.96. The Hall–Kier alpha value is -3.81. The number of nitrogens with one attached hydrogen (secondary N) is 1. The van der Waals surface area contributed by atoms with Crippen molar-refractivity contribution in [3.05, 3.63) is 77.5 Å². The van der Waals surface area contributed by atoms with Crippen molar-refractivity contribution in [3.8, 4) is 0 Å². The van der Waals surface area contributed by atoms with E-state index < -0.39 is 5.41 Å². The van der Waals surface area contributed by atoms with Crippen molar-refractivity contribution in [1.29, 1.82) is 0 Å². The molecule has 1 atom stereocenters. The van der Waals surface area contributed by atoms with Gasteiger partial charge in [-0.25, -0.2) is 9.97 Å². The number of carbonyl (C=O) groups excluding carboxylic acids is 2. The lowest BCUT2D eigenvalue weighted by Crippen LogP contribution is -2.56. The molecule has 34 heavy (non-hydrogen) atoms. The first-order chi connectivity index (χ1) is 16.3. The molecule has 1 N–H and O–H groups in total. The van der Waals surface area contributed by atoms with Gasteiger partial charge in [0.15, 0.2) is 0 Å². The van der Waals surface area contributed by atoms with E-state index in [1.807, 2.05) is 56.3 Å². The first-order valence-electron chi connectivity index (χ1n) is 11.4. The minimum atomic E-state index is -0.857. The Labute approximate surface area is 200 Å². The summed E-state index contributed by atoms with van der Waals surface area (Å²) in [6.45, 7) is 4.65. The summed E-state index contributed by atoms with van der Waals surface area (Å²) in [5.74, 6) is 1.22. The number of hydrogen-bond acceptors (Lipinski definition) is 6. The van der Waals surface area contributed by atoms with Crippen LogP contribution < -0.4 is 5.32 Å². The number of benzene rings is 1. The summed E-state index contributed by atoms with van der Waals surface area (Å²) >= 11 is 0. The molecule has 2 aromatic heterocycles. The van der Waals surface area contributed by atoms with Crippen molar-refractivity contribution < 1.29 is 9.59 Å². The first kappa shape index (κ1) is 23.4. The van der Waals surface area contributed by atoms with Gasteiger partial charge in [0.2, 0.25) is 5.91 Å². The molecule has 1 fully saturated rings. The third-order valence-corrected chi connectivity index (χ3v) is 6.10. The maximum atomic E-state index is 13.6. The van der Waals surface area contributed by atoms with Gasteiger partial charge in [-0.1, -0.05) is 12.1 Å². The van der Waals surface area contributed by atoms with Crippen molar-refractivity contribution in [1.82, 2.24) is 24.8 Å². The number of anilines is 2. The predicted molar refractivity (Wildman–Crippen MR) is 131 cm³/mol. The number of carbonyl (C=O) groups is 2. The lowest BCUT2D eigenvalue weighted by Gasteiger charge is -2.42. The predicted octanol–water partition coefficient (Wildman–Crippen LogP) is 3.49. The molecule has 8 nitrogen and oxygen atoms in total. The molecular formula is C26H30N6O2. The maximum absolute atomic E-state index is 13.6. The zero-order valence-electron chi connectivity index (χ0n) is 20.1. The quantitative estimate of drug-likeness (QED) is 0.629. The molecule has 0 spiro atoms. The largest absolute Gasteiger partial charge is 0.348 e. The van der Waals surface area contributed by atoms with Gasteiger partial charge in [-0.2, -0.15) is 0 Å². The third kappa shape index (κ3) is 4.76. The Morgan fingerprint density at radius 3 is 2.59 bits per heavy atom. The Balaban J connectivity index is 1.60. The molecule has 0 aliphatic carbocycles. The van der Waals surface area contributed by atoms with E-state index in [0.717, 1.165) is 17.8 Å². The average molecular weight is 459 g/mol. The Morgan fingerprint density at radius 2 is 1.88 bits per heavy atom. The molecule has 0 saturated carbocycles. The Morgan fingerprint density at radius 1 is 1.06 bits per heavy atom. The van der Waals surface area contributed by atoms with Crippen molar-refractivity contribution >= 4 is 23.3 Å². The minimum Gasteiger partial charge on any atom is -0.348 e. The number of nitrogens with zero attached hydrogens (tertiary/aromatic N) is 5. The number of amides is 2. The summed E-state index contributed by atoms with van der Waals surface area (Å²) in [5, 5.41) is 3.27. The van der Waals surface area contributed by atoms with E-state index >= 15 is 0 Å². The van der Waals surface area contributed by atoms with E-state index in [2.05, 4.69) is 20.3 Å². The van der Waals surface area contributed by atoms with Crippen LogP contribution in [0.3, 0.4) is 0 Å². The molecule has 3 heterocycles. The van der Waals surface area contributed by atoms with E-state index in [4.69, 9.17) is 0 Å². The van der Waals surface area contributed by atoms with Crippen LogP contribution in [0.1, 0.15) is 40.4 Å². The number of likely N-dealkylation sites (N-methyl/N-ethyl adjacent to an activating group) is 1. The van der Waals surface area contributed by atoms with Crippen LogP contribution in [0.2, 0.25) is 0 Å². The van der Waals surface area contributed by atoms with Crippen molar-refractivity contribution in [2.75, 3.05) is 32.5 Å². The van der Waals surface area contributed by atoms with Gasteiger partial charge >= 0.3 is 0 Å². The van der Waals surface area contributed by atoms with Crippen LogP contribution in [0, 0.1) is 13.8 Å². The summed E-state index contributed by atoms with van der Waals surface area (Å²) in [6.07, 6.45) is 3.07. The summed E-state index contributed by atoms with van der Waals surface area (Å²) in [6, 6.07) is 14.8. The molecule has 4 rings (SSSR count). The molecule has 3 aromatic rings. The SMILES string of the molecule is Cc1cc(Nc2cccc(C(=O)N3CCCC(C(=O)N(C)C)(c4ccccn4)C3)c2)nc(C)n1. The smallest absolute Gasteiger partial charge is 0.253 e. The van der Waals surface area contributed by atoms with Crippen LogP contribution in [0.15, 0.2) is 54.7 Å². The van der Waals surface area contributed by atoms with E-state index in [9.17, 15) is 9.59 Å². The second-order valence-corrected chi connectivity index (χ2v) is 8.97. The van der Waals surface area contributed by atoms with E-state index in [1.54, 1.807) is 36.2 Å². The summed E-state index contributed by atoms with van der Waals surface area (Å²) < 4.78 is 0. The highest BCUT2D eigenvalue weighted by atomic mass is 16.2. The number of rotatable bonds is 5. The molecule has 2 amide bonds. The van der Waals surface area contributed by atoms with Gasteiger partial charge in [0.05, 0.1) is 5.69 Å². The van der Waals surface area contributed by atoms with E-state index in [0.29, 0.717) is 42.4 Å². The maximum Gasteiger partial charge on any atom is 0.253 e.